The van der Waals surface area contributed by atoms with Crippen molar-refractivity contribution in [3.8, 4) is 6.07 Å². The molecule has 102 valence electrons. The Bertz CT molecular complexity index is 662. The van der Waals surface area contributed by atoms with Crippen molar-refractivity contribution in [2.24, 2.45) is 0 Å². The smallest absolute Gasteiger partial charge is 0.262 e. The van der Waals surface area contributed by atoms with Crippen molar-refractivity contribution in [1.82, 2.24) is 5.32 Å². The monoisotopic (exact) mass is 398 g/mol. The maximum Gasteiger partial charge on any atom is 0.262 e. The number of carbonyl (C=O) groups excluding carboxylic acids is 1. The topological polar surface area (TPSA) is 79.2 Å². The number of hydrogen-bond donors (Lipinski definition) is 1. The van der Waals surface area contributed by atoms with Crippen molar-refractivity contribution in [3.63, 3.8) is 0 Å². The van der Waals surface area contributed by atoms with E-state index in [1.807, 2.05) is 6.07 Å². The van der Waals surface area contributed by atoms with Crippen LogP contribution in [-0.2, 0) is 11.3 Å². The Morgan fingerprint density at radius 1 is 1.50 bits per heavy atom. The summed E-state index contributed by atoms with van der Waals surface area (Å²) in [6, 6.07) is 6.95. The highest BCUT2D eigenvalue weighted by atomic mass is 79.9. The first kappa shape index (κ1) is 14.6. The van der Waals surface area contributed by atoms with E-state index in [4.69, 9.17) is 14.1 Å². The lowest BCUT2D eigenvalue weighted by Gasteiger charge is -2.01. The normalized spacial score (nSPS) is 11.2. The zero-order valence-corrected chi connectivity index (χ0v) is 13.2. The van der Waals surface area contributed by atoms with E-state index in [0.717, 1.165) is 0 Å². The number of rotatable bonds is 4. The number of halogens is 2. The predicted molar refractivity (Wildman–Crippen MR) is 78.3 cm³/mol. The van der Waals surface area contributed by atoms with Crippen molar-refractivity contribution in [2.75, 3.05) is 0 Å². The number of furan rings is 2. The van der Waals surface area contributed by atoms with Crippen LogP contribution in [0.4, 0.5) is 0 Å². The fraction of sp³-hybridized carbons (Fsp3) is 0.0769. The minimum absolute atomic E-state index is 0.0506. The molecule has 0 atom stereocenters. The van der Waals surface area contributed by atoms with Crippen molar-refractivity contribution >= 4 is 43.8 Å². The molecule has 2 heterocycles. The molecule has 1 amide bonds. The molecule has 0 spiro atoms. The van der Waals surface area contributed by atoms with E-state index < -0.39 is 5.91 Å². The molecule has 0 bridgehead atoms. The van der Waals surface area contributed by atoms with Crippen LogP contribution >= 0.6 is 31.9 Å². The van der Waals surface area contributed by atoms with Gasteiger partial charge in [0.15, 0.2) is 4.67 Å². The minimum atomic E-state index is -0.493. The van der Waals surface area contributed by atoms with Crippen LogP contribution in [0.5, 0.6) is 0 Å². The van der Waals surface area contributed by atoms with Gasteiger partial charge in [-0.25, -0.2) is 0 Å². The van der Waals surface area contributed by atoms with Crippen LogP contribution in [0.1, 0.15) is 11.5 Å². The van der Waals surface area contributed by atoms with Crippen LogP contribution in [0, 0.1) is 11.3 Å². The molecule has 1 N–H and O–H groups in total. The van der Waals surface area contributed by atoms with E-state index in [0.29, 0.717) is 20.7 Å². The molecule has 2 aromatic rings. The first-order valence-electron chi connectivity index (χ1n) is 5.47. The number of nitrogens with zero attached hydrogens (tertiary/aromatic N) is 1. The first-order valence-corrected chi connectivity index (χ1v) is 7.06. The zero-order chi connectivity index (χ0) is 14.5. The molecule has 0 fully saturated rings. The molecule has 2 rings (SSSR count). The van der Waals surface area contributed by atoms with E-state index >= 15 is 0 Å². The number of amides is 1. The molecule has 0 saturated carbocycles. The van der Waals surface area contributed by atoms with Gasteiger partial charge in [-0.05, 0) is 50.1 Å². The van der Waals surface area contributed by atoms with Crippen LogP contribution in [-0.4, -0.2) is 5.91 Å². The van der Waals surface area contributed by atoms with Gasteiger partial charge in [-0.1, -0.05) is 0 Å². The molecule has 5 nitrogen and oxygen atoms in total. The second-order valence-corrected chi connectivity index (χ2v) is 5.28. The van der Waals surface area contributed by atoms with Gasteiger partial charge in [0.05, 0.1) is 17.3 Å². The van der Waals surface area contributed by atoms with Crippen molar-refractivity contribution in [3.05, 3.63) is 50.7 Å². The van der Waals surface area contributed by atoms with Gasteiger partial charge < -0.3 is 14.2 Å². The van der Waals surface area contributed by atoms with E-state index in [9.17, 15) is 4.79 Å². The van der Waals surface area contributed by atoms with Crippen molar-refractivity contribution in [1.29, 1.82) is 5.26 Å². The number of nitriles is 1. The summed E-state index contributed by atoms with van der Waals surface area (Å²) in [6.45, 7) is 0.219. The molecular weight excluding hydrogens is 392 g/mol. The van der Waals surface area contributed by atoms with E-state index in [-0.39, 0.29) is 12.1 Å². The van der Waals surface area contributed by atoms with Gasteiger partial charge in [-0.3, -0.25) is 4.79 Å². The van der Waals surface area contributed by atoms with Crippen LogP contribution in [0.2, 0.25) is 0 Å². The summed E-state index contributed by atoms with van der Waals surface area (Å²) in [5.74, 6) is 0.514. The average Bonchev–Trinajstić information content (AvgIpc) is 3.04. The average molecular weight is 400 g/mol. The van der Waals surface area contributed by atoms with E-state index in [1.165, 1.54) is 12.3 Å². The first-order chi connectivity index (χ1) is 9.60. The van der Waals surface area contributed by atoms with Crippen molar-refractivity contribution in [2.45, 2.75) is 6.54 Å². The molecule has 0 radical (unpaired) electrons. The Morgan fingerprint density at radius 2 is 2.30 bits per heavy atom. The molecule has 7 heteroatoms. The fourth-order valence-electron chi connectivity index (χ4n) is 1.40. The lowest BCUT2D eigenvalue weighted by atomic mass is 10.2. The maximum atomic E-state index is 11.9. The standard InChI is InChI=1S/C13H8Br2N2O3/c14-11-5-10(20-12(11)15)4-8(6-16)13(18)17-7-9-2-1-3-19-9/h1-5H,7H2,(H,17,18)/b8-4-. The number of hydrogen-bond acceptors (Lipinski definition) is 4. The third kappa shape index (κ3) is 3.62. The lowest BCUT2D eigenvalue weighted by molar-refractivity contribution is -0.117. The van der Waals surface area contributed by atoms with Gasteiger partial charge in [-0.15, -0.1) is 0 Å². The van der Waals surface area contributed by atoms with Gasteiger partial charge in [0.2, 0.25) is 0 Å². The van der Waals surface area contributed by atoms with Crippen LogP contribution in [0.25, 0.3) is 6.08 Å². The molecule has 0 unspecified atom stereocenters. The molecule has 0 aliphatic carbocycles. The number of nitrogens with one attached hydrogen (secondary N) is 1. The highest BCUT2D eigenvalue weighted by molar-refractivity contribution is 9.13. The molecule has 0 aromatic carbocycles. The second-order valence-electron chi connectivity index (χ2n) is 3.70. The van der Waals surface area contributed by atoms with Gasteiger partial charge in [0, 0.05) is 6.08 Å². The lowest BCUT2D eigenvalue weighted by Crippen LogP contribution is -2.23. The fourth-order valence-corrected chi connectivity index (χ4v) is 2.01. The van der Waals surface area contributed by atoms with Gasteiger partial charge in [0.25, 0.3) is 5.91 Å². The third-order valence-electron chi connectivity index (χ3n) is 2.32. The third-order valence-corrected chi connectivity index (χ3v) is 4.03. The predicted octanol–water partition coefficient (Wildman–Crippen LogP) is 3.62. The van der Waals surface area contributed by atoms with Crippen LogP contribution in [0.15, 0.2) is 48.0 Å². The summed E-state index contributed by atoms with van der Waals surface area (Å²) < 4.78 is 11.6. The SMILES string of the molecule is N#C/C(=C/c1cc(Br)c(Br)o1)C(=O)NCc1ccco1. The Hall–Kier alpha value is -1.78. The summed E-state index contributed by atoms with van der Waals surface area (Å²) >= 11 is 6.44. The second kappa shape index (κ2) is 6.59. The summed E-state index contributed by atoms with van der Waals surface area (Å²) in [6.07, 6.45) is 2.88. The Balaban J connectivity index is 2.07. The quantitative estimate of drug-likeness (QED) is 0.628. The molecular formula is C13H8Br2N2O3. The highest BCUT2D eigenvalue weighted by Gasteiger charge is 2.12. The van der Waals surface area contributed by atoms with Gasteiger partial charge >= 0.3 is 0 Å². The van der Waals surface area contributed by atoms with Gasteiger partial charge in [0.1, 0.15) is 23.2 Å². The zero-order valence-electron chi connectivity index (χ0n) is 10.0. The largest absolute Gasteiger partial charge is 0.467 e. The van der Waals surface area contributed by atoms with Crippen molar-refractivity contribution < 1.29 is 13.6 Å². The maximum absolute atomic E-state index is 11.9. The summed E-state index contributed by atoms with van der Waals surface area (Å²) in [4.78, 5) is 11.9. The van der Waals surface area contributed by atoms with Gasteiger partial charge in [-0.2, -0.15) is 5.26 Å². The minimum Gasteiger partial charge on any atom is -0.467 e. The van der Waals surface area contributed by atoms with Crippen LogP contribution in [0.3, 0.4) is 0 Å². The summed E-state index contributed by atoms with van der Waals surface area (Å²) in [7, 11) is 0. The molecule has 0 saturated heterocycles. The highest BCUT2D eigenvalue weighted by Crippen LogP contribution is 2.27. The molecule has 0 aliphatic rings. The Labute approximate surface area is 131 Å². The summed E-state index contributed by atoms with van der Waals surface area (Å²) in [5.41, 5.74) is -0.0506. The van der Waals surface area contributed by atoms with Crippen LogP contribution < -0.4 is 5.32 Å². The Morgan fingerprint density at radius 3 is 2.85 bits per heavy atom. The van der Waals surface area contributed by atoms with E-state index in [2.05, 4.69) is 37.2 Å². The summed E-state index contributed by atoms with van der Waals surface area (Å²) in [5, 5.41) is 11.6. The Kier molecular flexibility index (Phi) is 4.82. The molecule has 20 heavy (non-hydrogen) atoms. The molecule has 0 aliphatic heterocycles. The van der Waals surface area contributed by atoms with E-state index in [1.54, 1.807) is 18.2 Å². The number of carbonyl (C=O) groups is 1. The molecule has 2 aromatic heterocycles.